The normalized spacial score (nSPS) is 16.9. The van der Waals surface area contributed by atoms with Crippen molar-refractivity contribution in [2.24, 2.45) is 0 Å². The minimum Gasteiger partial charge on any atom is -0.489 e. The van der Waals surface area contributed by atoms with Gasteiger partial charge < -0.3 is 9.84 Å². The predicted octanol–water partition coefficient (Wildman–Crippen LogP) is 9.47. The number of carboxylic acids is 1. The number of likely N-dealkylation sites (tertiary alicyclic amines) is 1. The first-order valence-electron chi connectivity index (χ1n) is 15.1. The van der Waals surface area contributed by atoms with Gasteiger partial charge in [0.05, 0.1) is 12.2 Å². The van der Waals surface area contributed by atoms with Crippen molar-refractivity contribution in [3.63, 3.8) is 0 Å². The van der Waals surface area contributed by atoms with E-state index in [1.165, 1.54) is 11.1 Å². The number of carbonyl (C=O) groups is 1. The van der Waals surface area contributed by atoms with Crippen LogP contribution in [0.5, 0.6) is 5.75 Å². The van der Waals surface area contributed by atoms with Crippen LogP contribution in [0.15, 0.2) is 84.9 Å². The Bertz CT molecular complexity index is 1700. The molecule has 0 aromatic heterocycles. The zero-order valence-electron chi connectivity index (χ0n) is 24.4. The molecule has 2 aliphatic rings. The number of halogens is 3. The molecule has 1 N–H and O–H groups in total. The molecule has 226 valence electrons. The second-order valence-corrected chi connectivity index (χ2v) is 12.3. The number of benzene rings is 4. The van der Waals surface area contributed by atoms with E-state index in [0.717, 1.165) is 84.5 Å². The number of allylic oxidation sites excluding steroid dienone is 1. The lowest BCUT2D eigenvalue weighted by Crippen LogP contribution is -2.26. The summed E-state index contributed by atoms with van der Waals surface area (Å²) in [6.07, 6.45) is 4.24. The molecule has 4 aromatic carbocycles. The Morgan fingerprint density at radius 1 is 0.909 bits per heavy atom. The van der Waals surface area contributed by atoms with Crippen LogP contribution in [0.25, 0.3) is 22.3 Å². The molecule has 7 heteroatoms. The summed E-state index contributed by atoms with van der Waals surface area (Å²) in [7, 11) is 0. The zero-order valence-corrected chi connectivity index (χ0v) is 25.9. The van der Waals surface area contributed by atoms with Gasteiger partial charge in [0.25, 0.3) is 0 Å². The number of rotatable bonds is 9. The van der Waals surface area contributed by atoms with Crippen molar-refractivity contribution in [2.45, 2.75) is 38.2 Å². The Labute approximate surface area is 267 Å². The van der Waals surface area contributed by atoms with Crippen LogP contribution in [0.1, 0.15) is 58.3 Å². The highest BCUT2D eigenvalue weighted by atomic mass is 35.5. The number of hydrogen-bond acceptors (Lipinski definition) is 3. The minimum absolute atomic E-state index is 0.0970. The first-order valence-corrected chi connectivity index (χ1v) is 15.9. The van der Waals surface area contributed by atoms with Crippen molar-refractivity contribution in [1.82, 2.24) is 4.90 Å². The number of fused-ring (bicyclic) bond motifs is 1. The topological polar surface area (TPSA) is 49.8 Å². The highest BCUT2D eigenvalue weighted by Crippen LogP contribution is 2.43. The van der Waals surface area contributed by atoms with Crippen molar-refractivity contribution in [1.29, 1.82) is 0 Å². The molecule has 6 rings (SSSR count). The van der Waals surface area contributed by atoms with Crippen molar-refractivity contribution in [3.8, 4) is 16.9 Å². The standard InChI is InChI=1S/C37H34Cl2FNO3/c38-29-11-15-33(35(39)22-29)34-7-2-5-27-20-26(25-4-1-6-28(21-25)37(42)43)10-14-32(27)36(34)24-8-12-30(13-9-24)44-31-16-19-41(23-31)18-3-17-40/h1,4,6,8-15,20-22,31H,2-3,5,7,16-19,23H2,(H,42,43). The molecule has 4 aromatic rings. The fourth-order valence-electron chi connectivity index (χ4n) is 6.40. The number of nitrogens with zero attached hydrogens (tertiary/aromatic N) is 1. The van der Waals surface area contributed by atoms with Crippen LogP contribution >= 0.6 is 23.2 Å². The summed E-state index contributed by atoms with van der Waals surface area (Å²) in [5, 5.41) is 10.7. The largest absolute Gasteiger partial charge is 0.489 e. The van der Waals surface area contributed by atoms with Gasteiger partial charge in [-0.05, 0) is 113 Å². The fourth-order valence-corrected chi connectivity index (χ4v) is 6.93. The van der Waals surface area contributed by atoms with E-state index in [-0.39, 0.29) is 18.3 Å². The van der Waals surface area contributed by atoms with Gasteiger partial charge in [-0.1, -0.05) is 71.7 Å². The van der Waals surface area contributed by atoms with E-state index in [1.54, 1.807) is 24.3 Å². The SMILES string of the molecule is O=C(O)c1cccc(-c2ccc3c(c2)CCCC(c2ccc(Cl)cc2Cl)=C3c2ccc(OC3CCN(CCCF)C3)cc2)c1. The van der Waals surface area contributed by atoms with Crippen LogP contribution in [0.2, 0.25) is 10.0 Å². The molecule has 0 spiro atoms. The summed E-state index contributed by atoms with van der Waals surface area (Å²) < 4.78 is 18.9. The maximum absolute atomic E-state index is 12.6. The number of aryl methyl sites for hydroxylation is 1. The van der Waals surface area contributed by atoms with E-state index in [0.29, 0.717) is 16.5 Å². The predicted molar refractivity (Wildman–Crippen MR) is 177 cm³/mol. The Morgan fingerprint density at radius 3 is 2.45 bits per heavy atom. The van der Waals surface area contributed by atoms with Gasteiger partial charge in [0.2, 0.25) is 0 Å². The molecule has 0 saturated carbocycles. The average Bonchev–Trinajstić information content (AvgIpc) is 3.39. The molecule has 1 atom stereocenters. The third-order valence-corrected chi connectivity index (χ3v) is 9.08. The highest BCUT2D eigenvalue weighted by molar-refractivity contribution is 6.36. The van der Waals surface area contributed by atoms with Crippen molar-refractivity contribution >= 4 is 40.3 Å². The molecule has 1 heterocycles. The van der Waals surface area contributed by atoms with Crippen LogP contribution < -0.4 is 4.74 Å². The van der Waals surface area contributed by atoms with Gasteiger partial charge >= 0.3 is 5.97 Å². The monoisotopic (exact) mass is 629 g/mol. The second kappa shape index (κ2) is 13.6. The van der Waals surface area contributed by atoms with Gasteiger partial charge in [-0.3, -0.25) is 9.29 Å². The third kappa shape index (κ3) is 6.71. The van der Waals surface area contributed by atoms with Crippen LogP contribution in [0, 0.1) is 0 Å². The number of alkyl halides is 1. The van der Waals surface area contributed by atoms with Gasteiger partial charge in [-0.15, -0.1) is 0 Å². The van der Waals surface area contributed by atoms with Crippen molar-refractivity contribution in [2.75, 3.05) is 26.3 Å². The van der Waals surface area contributed by atoms with Gasteiger partial charge in [0, 0.05) is 29.7 Å². The number of ether oxygens (including phenoxy) is 1. The Balaban J connectivity index is 1.38. The first kappa shape index (κ1) is 30.4. The van der Waals surface area contributed by atoms with E-state index in [4.69, 9.17) is 27.9 Å². The molecular formula is C37H34Cl2FNO3. The van der Waals surface area contributed by atoms with E-state index in [2.05, 4.69) is 35.2 Å². The Hall–Kier alpha value is -3.64. The summed E-state index contributed by atoms with van der Waals surface area (Å²) in [4.78, 5) is 13.9. The van der Waals surface area contributed by atoms with Crippen LogP contribution in [0.3, 0.4) is 0 Å². The summed E-state index contributed by atoms with van der Waals surface area (Å²) >= 11 is 13.1. The maximum atomic E-state index is 12.6. The molecular weight excluding hydrogens is 596 g/mol. The molecule has 1 aliphatic carbocycles. The number of carboxylic acid groups (broad SMARTS) is 1. The summed E-state index contributed by atoms with van der Waals surface area (Å²) in [6, 6.07) is 27.4. The summed E-state index contributed by atoms with van der Waals surface area (Å²) in [6.45, 7) is 2.23. The van der Waals surface area contributed by atoms with Crippen molar-refractivity contribution in [3.05, 3.63) is 123 Å². The van der Waals surface area contributed by atoms with Gasteiger partial charge in [-0.2, -0.15) is 0 Å². The number of aromatic carboxylic acids is 1. The van der Waals surface area contributed by atoms with Crippen molar-refractivity contribution < 1.29 is 19.0 Å². The zero-order chi connectivity index (χ0) is 30.6. The molecule has 0 bridgehead atoms. The minimum atomic E-state index is -0.939. The molecule has 4 nitrogen and oxygen atoms in total. The Kier molecular flexibility index (Phi) is 9.36. The average molecular weight is 631 g/mol. The van der Waals surface area contributed by atoms with E-state index in [1.807, 2.05) is 30.3 Å². The van der Waals surface area contributed by atoms with Gasteiger partial charge in [0.15, 0.2) is 0 Å². The van der Waals surface area contributed by atoms with Gasteiger partial charge in [0.1, 0.15) is 11.9 Å². The second-order valence-electron chi connectivity index (χ2n) is 11.5. The lowest BCUT2D eigenvalue weighted by atomic mass is 9.86. The lowest BCUT2D eigenvalue weighted by molar-refractivity contribution is 0.0697. The fraction of sp³-hybridized carbons (Fsp3) is 0.270. The van der Waals surface area contributed by atoms with E-state index in [9.17, 15) is 14.3 Å². The summed E-state index contributed by atoms with van der Waals surface area (Å²) in [5.74, 6) is -0.119. The van der Waals surface area contributed by atoms with E-state index < -0.39 is 5.97 Å². The summed E-state index contributed by atoms with van der Waals surface area (Å²) in [5.41, 5.74) is 8.80. The molecule has 1 fully saturated rings. The number of hydrogen-bond donors (Lipinski definition) is 1. The lowest BCUT2D eigenvalue weighted by Gasteiger charge is -2.19. The maximum Gasteiger partial charge on any atom is 0.335 e. The molecule has 0 radical (unpaired) electrons. The van der Waals surface area contributed by atoms with E-state index >= 15 is 0 Å². The van der Waals surface area contributed by atoms with Crippen LogP contribution in [0.4, 0.5) is 4.39 Å². The van der Waals surface area contributed by atoms with Crippen LogP contribution in [-0.4, -0.2) is 48.4 Å². The molecule has 0 amide bonds. The molecule has 44 heavy (non-hydrogen) atoms. The first-order chi connectivity index (χ1) is 21.4. The smallest absolute Gasteiger partial charge is 0.335 e. The molecule has 1 saturated heterocycles. The highest BCUT2D eigenvalue weighted by Gasteiger charge is 2.25. The van der Waals surface area contributed by atoms with Gasteiger partial charge in [-0.25, -0.2) is 4.79 Å². The molecule has 1 unspecified atom stereocenters. The molecule has 1 aliphatic heterocycles. The quantitative estimate of drug-likeness (QED) is 0.200. The third-order valence-electron chi connectivity index (χ3n) is 8.53. The van der Waals surface area contributed by atoms with Crippen LogP contribution in [-0.2, 0) is 6.42 Å². The Morgan fingerprint density at radius 2 is 1.68 bits per heavy atom.